The molecule has 0 aromatic carbocycles. The highest BCUT2D eigenvalue weighted by Gasteiger charge is 2.68. The summed E-state index contributed by atoms with van der Waals surface area (Å²) in [5.74, 6) is 3.66. The first-order valence-electron chi connectivity index (χ1n) is 14.6. The van der Waals surface area contributed by atoms with Crippen molar-refractivity contribution >= 4 is 5.97 Å². The van der Waals surface area contributed by atoms with Crippen molar-refractivity contribution in [2.45, 2.75) is 126 Å². The van der Waals surface area contributed by atoms with E-state index >= 15 is 0 Å². The molecule has 4 fully saturated rings. The van der Waals surface area contributed by atoms with Gasteiger partial charge in [0.05, 0.1) is 0 Å². The lowest BCUT2D eigenvalue weighted by Gasteiger charge is -2.71. The maximum Gasteiger partial charge on any atom is 0.302 e. The minimum absolute atomic E-state index is 0.0450. The Kier molecular flexibility index (Phi) is 5.57. The van der Waals surface area contributed by atoms with Crippen molar-refractivity contribution in [1.29, 1.82) is 0 Å². The van der Waals surface area contributed by atoms with E-state index in [2.05, 4.69) is 61.5 Å². The Balaban J connectivity index is 1.54. The zero-order valence-corrected chi connectivity index (χ0v) is 23.7. The lowest BCUT2D eigenvalue weighted by atomic mass is 9.33. The van der Waals surface area contributed by atoms with Crippen LogP contribution in [-0.2, 0) is 9.53 Å². The van der Waals surface area contributed by atoms with Gasteiger partial charge >= 0.3 is 5.97 Å². The molecule has 0 aliphatic heterocycles. The molecule has 192 valence electrons. The Morgan fingerprint density at radius 1 is 0.882 bits per heavy atom. The second kappa shape index (κ2) is 7.61. The normalized spacial score (nSPS) is 54.0. The van der Waals surface area contributed by atoms with E-state index in [9.17, 15) is 4.79 Å². The van der Waals surface area contributed by atoms with Gasteiger partial charge < -0.3 is 4.74 Å². The van der Waals surface area contributed by atoms with Gasteiger partial charge in [0.25, 0.3) is 0 Å². The molecular formula is C32H52O2. The molecule has 2 heteroatoms. The quantitative estimate of drug-likeness (QED) is 0.284. The molecule has 0 aromatic rings. The molecular weight excluding hydrogens is 416 g/mol. The van der Waals surface area contributed by atoms with Crippen molar-refractivity contribution in [3.63, 3.8) is 0 Å². The molecule has 2 nitrogen and oxygen atoms in total. The molecule has 2 unspecified atom stereocenters. The lowest BCUT2D eigenvalue weighted by Crippen LogP contribution is -2.65. The van der Waals surface area contributed by atoms with Crippen LogP contribution in [0.5, 0.6) is 0 Å². The van der Waals surface area contributed by atoms with Crippen LogP contribution in [0.25, 0.3) is 0 Å². The second-order valence-electron chi connectivity index (χ2n) is 15.3. The predicted octanol–water partition coefficient (Wildman–Crippen LogP) is 8.60. The Labute approximate surface area is 210 Å². The minimum Gasteiger partial charge on any atom is -0.462 e. The van der Waals surface area contributed by atoms with E-state index in [1.807, 2.05) is 5.57 Å². The van der Waals surface area contributed by atoms with Crippen LogP contribution in [0.4, 0.5) is 0 Å². The van der Waals surface area contributed by atoms with Crippen molar-refractivity contribution < 1.29 is 9.53 Å². The summed E-state index contributed by atoms with van der Waals surface area (Å²) in [5.41, 5.74) is 3.44. The topological polar surface area (TPSA) is 26.3 Å². The molecule has 0 radical (unpaired) electrons. The highest BCUT2D eigenvalue weighted by atomic mass is 16.5. The molecule has 0 aromatic heterocycles. The Hall–Kier alpha value is -0.790. The van der Waals surface area contributed by atoms with Gasteiger partial charge in [0.15, 0.2) is 0 Å². The van der Waals surface area contributed by atoms with Gasteiger partial charge in [0, 0.05) is 12.3 Å². The number of esters is 1. The van der Waals surface area contributed by atoms with Crippen molar-refractivity contribution in [2.24, 2.45) is 56.7 Å². The average molecular weight is 469 g/mol. The molecule has 0 N–H and O–H groups in total. The van der Waals surface area contributed by atoms with Gasteiger partial charge in [0.1, 0.15) is 6.10 Å². The molecule has 5 aliphatic carbocycles. The summed E-state index contributed by atoms with van der Waals surface area (Å²) in [6.07, 6.45) is 14.6. The van der Waals surface area contributed by atoms with Gasteiger partial charge in [-0.3, -0.25) is 4.79 Å². The maximum absolute atomic E-state index is 11.9. The standard InChI is InChI=1S/C32H52O2/c1-20-12-15-29(6)18-19-31(8)23(27(29)21(20)2)10-11-25-30(7)16-14-26(34-22(3)33)28(4,5)24(30)13-17-32(25,31)9/h10,20-21,24-27H,11-19H2,1-9H3/t20-,21+,24?,25?,26+,27+,29-,30+,31-,32-/m1/s1. The van der Waals surface area contributed by atoms with E-state index in [1.165, 1.54) is 51.4 Å². The first kappa shape index (κ1) is 24.9. The van der Waals surface area contributed by atoms with Crippen molar-refractivity contribution in [1.82, 2.24) is 0 Å². The predicted molar refractivity (Wildman–Crippen MR) is 140 cm³/mol. The summed E-state index contributed by atoms with van der Waals surface area (Å²) in [6, 6.07) is 0. The van der Waals surface area contributed by atoms with Gasteiger partial charge in [-0.2, -0.15) is 0 Å². The van der Waals surface area contributed by atoms with Crippen LogP contribution in [-0.4, -0.2) is 12.1 Å². The van der Waals surface area contributed by atoms with Gasteiger partial charge in [-0.1, -0.05) is 67.0 Å². The zero-order valence-electron chi connectivity index (χ0n) is 23.7. The van der Waals surface area contributed by atoms with Gasteiger partial charge in [-0.05, 0) is 109 Å². The molecule has 10 atom stereocenters. The largest absolute Gasteiger partial charge is 0.462 e. The molecule has 0 bridgehead atoms. The summed E-state index contributed by atoms with van der Waals surface area (Å²) in [4.78, 5) is 11.9. The van der Waals surface area contributed by atoms with Crippen molar-refractivity contribution in [3.05, 3.63) is 11.6 Å². The van der Waals surface area contributed by atoms with Crippen LogP contribution in [0.1, 0.15) is 120 Å². The SMILES string of the molecule is CC(=O)O[C@H]1CC[C@@]2(C)C(CC[C@]3(C)C2CC=C2[C@@H]4[C@@H](C)[C@H](C)CC[C@]4(C)CC[C@]23C)C1(C)C. The molecule has 5 rings (SSSR count). The Morgan fingerprint density at radius 2 is 1.59 bits per heavy atom. The second-order valence-corrected chi connectivity index (χ2v) is 15.3. The molecule has 34 heavy (non-hydrogen) atoms. The third-order valence-electron chi connectivity index (χ3n) is 13.6. The zero-order chi connectivity index (χ0) is 24.9. The smallest absolute Gasteiger partial charge is 0.302 e. The molecule has 0 saturated heterocycles. The van der Waals surface area contributed by atoms with Crippen LogP contribution >= 0.6 is 0 Å². The fraction of sp³-hybridized carbons (Fsp3) is 0.906. The molecule has 0 spiro atoms. The highest BCUT2D eigenvalue weighted by molar-refractivity contribution is 5.66. The summed E-state index contributed by atoms with van der Waals surface area (Å²) >= 11 is 0. The van der Waals surface area contributed by atoms with Crippen LogP contribution < -0.4 is 0 Å². The maximum atomic E-state index is 11.9. The summed E-state index contributed by atoms with van der Waals surface area (Å²) in [7, 11) is 0. The van der Waals surface area contributed by atoms with E-state index < -0.39 is 0 Å². The fourth-order valence-corrected chi connectivity index (χ4v) is 11.2. The Bertz CT molecular complexity index is 885. The van der Waals surface area contributed by atoms with E-state index in [1.54, 1.807) is 6.92 Å². The summed E-state index contributed by atoms with van der Waals surface area (Å²) in [6.45, 7) is 22.1. The van der Waals surface area contributed by atoms with Gasteiger partial charge in [-0.25, -0.2) is 0 Å². The van der Waals surface area contributed by atoms with E-state index in [-0.39, 0.29) is 17.5 Å². The van der Waals surface area contributed by atoms with Crippen LogP contribution in [0, 0.1) is 56.7 Å². The van der Waals surface area contributed by atoms with Crippen molar-refractivity contribution in [3.8, 4) is 0 Å². The third-order valence-corrected chi connectivity index (χ3v) is 13.6. The highest BCUT2D eigenvalue weighted by Crippen LogP contribution is 2.75. The van der Waals surface area contributed by atoms with Crippen molar-refractivity contribution in [2.75, 3.05) is 0 Å². The first-order valence-corrected chi connectivity index (χ1v) is 14.6. The monoisotopic (exact) mass is 468 g/mol. The summed E-state index contributed by atoms with van der Waals surface area (Å²) in [5, 5.41) is 0. The van der Waals surface area contributed by atoms with E-state index in [0.29, 0.717) is 27.6 Å². The van der Waals surface area contributed by atoms with E-state index in [0.717, 1.165) is 30.1 Å². The number of carbonyl (C=O) groups is 1. The number of fused-ring (bicyclic) bond motifs is 7. The molecule has 5 aliphatic rings. The lowest BCUT2D eigenvalue weighted by molar-refractivity contribution is -0.212. The van der Waals surface area contributed by atoms with Gasteiger partial charge in [-0.15, -0.1) is 0 Å². The van der Waals surface area contributed by atoms with Crippen LogP contribution in [0.2, 0.25) is 0 Å². The number of hydrogen-bond acceptors (Lipinski definition) is 2. The van der Waals surface area contributed by atoms with Gasteiger partial charge in [0.2, 0.25) is 0 Å². The fourth-order valence-electron chi connectivity index (χ4n) is 11.2. The average Bonchev–Trinajstić information content (AvgIpc) is 2.74. The molecule has 0 amide bonds. The third kappa shape index (κ3) is 3.08. The minimum atomic E-state index is -0.110. The van der Waals surface area contributed by atoms with Crippen LogP contribution in [0.15, 0.2) is 11.6 Å². The first-order chi connectivity index (χ1) is 15.7. The number of ether oxygens (including phenoxy) is 1. The van der Waals surface area contributed by atoms with E-state index in [4.69, 9.17) is 4.74 Å². The number of carbonyl (C=O) groups excluding carboxylic acids is 1. The Morgan fingerprint density at radius 3 is 2.26 bits per heavy atom. The number of rotatable bonds is 1. The number of hydrogen-bond donors (Lipinski definition) is 0. The summed E-state index contributed by atoms with van der Waals surface area (Å²) < 4.78 is 5.91. The van der Waals surface area contributed by atoms with Crippen LogP contribution in [0.3, 0.4) is 0 Å². The molecule has 4 saturated carbocycles. The number of allylic oxidation sites excluding steroid dienone is 2. The molecule has 0 heterocycles.